The van der Waals surface area contributed by atoms with Crippen molar-refractivity contribution in [3.63, 3.8) is 0 Å². The summed E-state index contributed by atoms with van der Waals surface area (Å²) in [7, 11) is 0. The molecule has 0 saturated carbocycles. The van der Waals surface area contributed by atoms with Crippen LogP contribution in [0, 0.1) is 13.8 Å². The lowest BCUT2D eigenvalue weighted by Crippen LogP contribution is -2.12. The van der Waals surface area contributed by atoms with Crippen molar-refractivity contribution in [3.05, 3.63) is 69.7 Å². The summed E-state index contributed by atoms with van der Waals surface area (Å²) in [4.78, 5) is 12.2. The molecule has 2 nitrogen and oxygen atoms in total. The van der Waals surface area contributed by atoms with E-state index in [0.717, 1.165) is 22.4 Å². The Morgan fingerprint density at radius 2 is 1.75 bits per heavy atom. The maximum Gasteiger partial charge on any atom is 0.262 e. The lowest BCUT2D eigenvalue weighted by molar-refractivity contribution is -0.112. The summed E-state index contributed by atoms with van der Waals surface area (Å²) in [5.41, 5.74) is 4.07. The maximum atomic E-state index is 12.2. The van der Waals surface area contributed by atoms with Crippen LogP contribution in [-0.4, -0.2) is 5.91 Å². The van der Waals surface area contributed by atoms with E-state index in [1.54, 1.807) is 6.08 Å². The molecular weight excluding hydrogens is 314 g/mol. The zero-order valence-electron chi connectivity index (χ0n) is 11.5. The molecule has 0 aliphatic heterocycles. The van der Waals surface area contributed by atoms with Crippen LogP contribution in [0.25, 0.3) is 6.08 Å². The maximum absolute atomic E-state index is 12.2. The van der Waals surface area contributed by atoms with E-state index < -0.39 is 0 Å². The van der Waals surface area contributed by atoms with Crippen molar-refractivity contribution in [2.24, 2.45) is 0 Å². The fraction of sp³-hybridized carbons (Fsp3) is 0.118. The smallest absolute Gasteiger partial charge is 0.262 e. The van der Waals surface area contributed by atoms with E-state index in [-0.39, 0.29) is 5.91 Å². The molecule has 0 radical (unpaired) electrons. The molecule has 0 spiro atoms. The number of carbonyl (C=O) groups is 1. The lowest BCUT2D eigenvalue weighted by atomic mass is 10.1. The summed E-state index contributed by atoms with van der Waals surface area (Å²) in [5, 5.41) is 2.92. The molecule has 1 amide bonds. The van der Waals surface area contributed by atoms with Crippen LogP contribution in [-0.2, 0) is 4.79 Å². The standard InChI is InChI=1S/C17H16BrNO/c1-12-7-6-10-16(13(12)2)19-17(20)15(18)11-14-8-4-3-5-9-14/h3-11H,1-2H3,(H,19,20). The zero-order valence-corrected chi connectivity index (χ0v) is 13.1. The molecular formula is C17H16BrNO. The van der Waals surface area contributed by atoms with Gasteiger partial charge >= 0.3 is 0 Å². The number of rotatable bonds is 3. The minimum absolute atomic E-state index is 0.150. The van der Waals surface area contributed by atoms with E-state index >= 15 is 0 Å². The predicted octanol–water partition coefficient (Wildman–Crippen LogP) is 4.68. The van der Waals surface area contributed by atoms with Crippen LogP contribution in [0.2, 0.25) is 0 Å². The molecule has 0 aliphatic rings. The molecule has 1 N–H and O–H groups in total. The first kappa shape index (κ1) is 14.5. The van der Waals surface area contributed by atoms with Gasteiger partial charge in [-0.1, -0.05) is 42.5 Å². The normalized spacial score (nSPS) is 11.2. The molecule has 3 heteroatoms. The van der Waals surface area contributed by atoms with Crippen molar-refractivity contribution in [2.45, 2.75) is 13.8 Å². The average Bonchev–Trinajstić information content (AvgIpc) is 2.45. The first-order valence-electron chi connectivity index (χ1n) is 6.38. The highest BCUT2D eigenvalue weighted by molar-refractivity contribution is 9.12. The van der Waals surface area contributed by atoms with E-state index in [4.69, 9.17) is 0 Å². The van der Waals surface area contributed by atoms with Gasteiger partial charge in [0, 0.05) is 5.69 Å². The van der Waals surface area contributed by atoms with Gasteiger partial charge in [-0.05, 0) is 58.6 Å². The molecule has 0 atom stereocenters. The fourth-order valence-corrected chi connectivity index (χ4v) is 2.19. The highest BCUT2D eigenvalue weighted by Crippen LogP contribution is 2.20. The average molecular weight is 330 g/mol. The van der Waals surface area contributed by atoms with Gasteiger partial charge in [0.2, 0.25) is 0 Å². The van der Waals surface area contributed by atoms with Crippen LogP contribution in [0.4, 0.5) is 5.69 Å². The van der Waals surface area contributed by atoms with Crippen molar-refractivity contribution in [2.75, 3.05) is 5.32 Å². The Labute approximate surface area is 127 Å². The third-order valence-corrected chi connectivity index (χ3v) is 3.75. The number of halogens is 1. The highest BCUT2D eigenvalue weighted by Gasteiger charge is 2.09. The molecule has 0 aromatic heterocycles. The molecule has 0 unspecified atom stereocenters. The minimum atomic E-state index is -0.150. The van der Waals surface area contributed by atoms with E-state index in [1.807, 2.05) is 62.4 Å². The predicted molar refractivity (Wildman–Crippen MR) is 87.9 cm³/mol. The van der Waals surface area contributed by atoms with Crippen molar-refractivity contribution in [3.8, 4) is 0 Å². The largest absolute Gasteiger partial charge is 0.321 e. The lowest BCUT2D eigenvalue weighted by Gasteiger charge is -2.10. The van der Waals surface area contributed by atoms with Gasteiger partial charge in [-0.25, -0.2) is 0 Å². The third-order valence-electron chi connectivity index (χ3n) is 3.16. The van der Waals surface area contributed by atoms with Crippen molar-refractivity contribution in [1.29, 1.82) is 0 Å². The summed E-state index contributed by atoms with van der Waals surface area (Å²) >= 11 is 3.33. The molecule has 0 fully saturated rings. The summed E-state index contributed by atoms with van der Waals surface area (Å²) in [6.07, 6.45) is 1.81. The molecule has 0 heterocycles. The molecule has 2 aromatic rings. The Balaban J connectivity index is 2.16. The van der Waals surface area contributed by atoms with Gasteiger partial charge in [0.1, 0.15) is 0 Å². The van der Waals surface area contributed by atoms with Gasteiger partial charge in [0.05, 0.1) is 4.48 Å². The van der Waals surface area contributed by atoms with Gasteiger partial charge < -0.3 is 5.32 Å². The number of benzene rings is 2. The molecule has 0 saturated heterocycles. The van der Waals surface area contributed by atoms with Crippen LogP contribution in [0.5, 0.6) is 0 Å². The molecule has 2 rings (SSSR count). The SMILES string of the molecule is Cc1cccc(NC(=O)C(Br)=Cc2ccccc2)c1C. The van der Waals surface area contributed by atoms with Gasteiger partial charge in [0.25, 0.3) is 5.91 Å². The van der Waals surface area contributed by atoms with Gasteiger partial charge in [-0.2, -0.15) is 0 Å². The first-order chi connectivity index (χ1) is 9.58. The summed E-state index contributed by atoms with van der Waals surface area (Å²) < 4.78 is 0.504. The quantitative estimate of drug-likeness (QED) is 0.814. The number of aryl methyl sites for hydroxylation is 1. The Morgan fingerprint density at radius 3 is 2.45 bits per heavy atom. The molecule has 0 aliphatic carbocycles. The first-order valence-corrected chi connectivity index (χ1v) is 7.17. The summed E-state index contributed by atoms with van der Waals surface area (Å²) in [6.45, 7) is 4.03. The molecule has 2 aromatic carbocycles. The Kier molecular flexibility index (Phi) is 4.74. The second-order valence-corrected chi connectivity index (χ2v) is 5.46. The van der Waals surface area contributed by atoms with Crippen LogP contribution in [0.3, 0.4) is 0 Å². The molecule has 0 bridgehead atoms. The molecule has 102 valence electrons. The van der Waals surface area contributed by atoms with Crippen LogP contribution >= 0.6 is 15.9 Å². The third kappa shape index (κ3) is 3.58. The van der Waals surface area contributed by atoms with E-state index in [2.05, 4.69) is 21.2 Å². The number of nitrogens with one attached hydrogen (secondary N) is 1. The number of hydrogen-bond acceptors (Lipinski definition) is 1. The van der Waals surface area contributed by atoms with Gasteiger partial charge in [-0.15, -0.1) is 0 Å². The Hall–Kier alpha value is -1.87. The van der Waals surface area contributed by atoms with E-state index in [1.165, 1.54) is 0 Å². The second-order valence-electron chi connectivity index (χ2n) is 4.60. The van der Waals surface area contributed by atoms with Crippen LogP contribution in [0.15, 0.2) is 53.0 Å². The number of hydrogen-bond donors (Lipinski definition) is 1. The highest BCUT2D eigenvalue weighted by atomic mass is 79.9. The summed E-state index contributed by atoms with van der Waals surface area (Å²) in [6, 6.07) is 15.6. The van der Waals surface area contributed by atoms with Crippen LogP contribution in [0.1, 0.15) is 16.7 Å². The monoisotopic (exact) mass is 329 g/mol. The van der Waals surface area contributed by atoms with Crippen molar-refractivity contribution in [1.82, 2.24) is 0 Å². The number of carbonyl (C=O) groups excluding carboxylic acids is 1. The van der Waals surface area contributed by atoms with Crippen molar-refractivity contribution < 1.29 is 4.79 Å². The topological polar surface area (TPSA) is 29.1 Å². The van der Waals surface area contributed by atoms with Crippen LogP contribution < -0.4 is 5.32 Å². The summed E-state index contributed by atoms with van der Waals surface area (Å²) in [5.74, 6) is -0.150. The van der Waals surface area contributed by atoms with Crippen molar-refractivity contribution >= 4 is 33.6 Å². The minimum Gasteiger partial charge on any atom is -0.321 e. The van der Waals surface area contributed by atoms with E-state index in [0.29, 0.717) is 4.48 Å². The zero-order chi connectivity index (χ0) is 14.5. The number of anilines is 1. The van der Waals surface area contributed by atoms with Gasteiger partial charge in [-0.3, -0.25) is 4.79 Å². The second kappa shape index (κ2) is 6.53. The molecule has 20 heavy (non-hydrogen) atoms. The van der Waals surface area contributed by atoms with Gasteiger partial charge in [0.15, 0.2) is 0 Å². The Bertz CT molecular complexity index is 647. The fourth-order valence-electron chi connectivity index (χ4n) is 1.83. The number of amides is 1. The Morgan fingerprint density at radius 1 is 1.05 bits per heavy atom. The van der Waals surface area contributed by atoms with E-state index in [9.17, 15) is 4.79 Å².